The average Bonchev–Trinajstić information content (AvgIpc) is 2.63. The van der Waals surface area contributed by atoms with E-state index in [1.54, 1.807) is 0 Å². The van der Waals surface area contributed by atoms with E-state index in [0.29, 0.717) is 5.92 Å². The molecule has 0 amide bonds. The van der Waals surface area contributed by atoms with Gasteiger partial charge in [-0.15, -0.1) is 6.42 Å². The van der Waals surface area contributed by atoms with E-state index in [1.165, 1.54) is 25.7 Å². The Morgan fingerprint density at radius 1 is 1.00 bits per heavy atom. The third-order valence-corrected chi connectivity index (χ3v) is 5.22. The van der Waals surface area contributed by atoms with Gasteiger partial charge in [0, 0.05) is 17.0 Å². The van der Waals surface area contributed by atoms with Crippen molar-refractivity contribution >= 4 is 0 Å². The zero-order chi connectivity index (χ0) is 16.1. The summed E-state index contributed by atoms with van der Waals surface area (Å²) in [6, 6.07) is 7.89. The van der Waals surface area contributed by atoms with Crippen LogP contribution in [0.3, 0.4) is 0 Å². The second-order valence-electron chi connectivity index (χ2n) is 6.73. The highest BCUT2D eigenvalue weighted by atomic mass is 16.7. The lowest BCUT2D eigenvalue weighted by molar-refractivity contribution is -0.214. The van der Waals surface area contributed by atoms with Crippen LogP contribution < -0.4 is 0 Å². The minimum absolute atomic E-state index is 0.238. The highest BCUT2D eigenvalue weighted by Crippen LogP contribution is 2.37. The summed E-state index contributed by atoms with van der Waals surface area (Å²) in [4.78, 5) is 0. The van der Waals surface area contributed by atoms with Crippen LogP contribution >= 0.6 is 0 Å². The molecule has 0 unspecified atom stereocenters. The maximum atomic E-state index is 5.99. The summed E-state index contributed by atoms with van der Waals surface area (Å²) in [6.07, 6.45) is 14.9. The van der Waals surface area contributed by atoms with Crippen molar-refractivity contribution < 1.29 is 9.47 Å². The van der Waals surface area contributed by atoms with Crippen molar-refractivity contribution in [2.75, 3.05) is 13.2 Å². The standard InChI is InChI=1S/C21H26O2/c1-3-5-17-8-10-18(11-9-17)20-14-22-21(23-15-20)19-12-6-16(4-2)7-13-19/h2-3,5-7,12-13,17-18,20-21H,8-11,14-15H2,1H3/b5-3+/t17-,18-,20?,21?. The molecule has 122 valence electrons. The van der Waals surface area contributed by atoms with Gasteiger partial charge in [0.25, 0.3) is 0 Å². The van der Waals surface area contributed by atoms with E-state index in [2.05, 4.69) is 25.0 Å². The van der Waals surface area contributed by atoms with Crippen molar-refractivity contribution in [1.29, 1.82) is 0 Å². The van der Waals surface area contributed by atoms with Gasteiger partial charge in [0.05, 0.1) is 13.2 Å². The summed E-state index contributed by atoms with van der Waals surface area (Å²) in [5.41, 5.74) is 1.94. The highest BCUT2D eigenvalue weighted by molar-refractivity contribution is 5.34. The van der Waals surface area contributed by atoms with E-state index < -0.39 is 0 Å². The van der Waals surface area contributed by atoms with Crippen LogP contribution in [-0.4, -0.2) is 13.2 Å². The molecule has 23 heavy (non-hydrogen) atoms. The van der Waals surface area contributed by atoms with E-state index in [4.69, 9.17) is 15.9 Å². The first-order valence-corrected chi connectivity index (χ1v) is 8.72. The van der Waals surface area contributed by atoms with Crippen LogP contribution in [0, 0.1) is 30.1 Å². The Bertz CT molecular complexity index is 550. The SMILES string of the molecule is C#Cc1ccc(C2OCC([C@H]3CC[C@H](/C=C/C)CC3)CO2)cc1. The molecule has 2 heteroatoms. The largest absolute Gasteiger partial charge is 0.348 e. The fourth-order valence-electron chi connectivity index (χ4n) is 3.80. The van der Waals surface area contributed by atoms with Crippen molar-refractivity contribution in [1.82, 2.24) is 0 Å². The van der Waals surface area contributed by atoms with Crippen molar-refractivity contribution in [3.8, 4) is 12.3 Å². The second kappa shape index (κ2) is 7.81. The maximum Gasteiger partial charge on any atom is 0.183 e. The van der Waals surface area contributed by atoms with E-state index in [-0.39, 0.29) is 6.29 Å². The molecule has 1 heterocycles. The van der Waals surface area contributed by atoms with Gasteiger partial charge in [0.1, 0.15) is 0 Å². The van der Waals surface area contributed by atoms with Crippen LogP contribution in [0.25, 0.3) is 0 Å². The third-order valence-electron chi connectivity index (χ3n) is 5.22. The zero-order valence-corrected chi connectivity index (χ0v) is 13.9. The Morgan fingerprint density at radius 3 is 2.22 bits per heavy atom. The van der Waals surface area contributed by atoms with Crippen molar-refractivity contribution in [3.05, 3.63) is 47.5 Å². The summed E-state index contributed by atoms with van der Waals surface area (Å²) >= 11 is 0. The Labute approximate surface area is 139 Å². The molecular weight excluding hydrogens is 284 g/mol. The van der Waals surface area contributed by atoms with Gasteiger partial charge in [0.2, 0.25) is 0 Å². The predicted molar refractivity (Wildman–Crippen MR) is 92.8 cm³/mol. The quantitative estimate of drug-likeness (QED) is 0.594. The minimum Gasteiger partial charge on any atom is -0.348 e. The number of allylic oxidation sites excluding steroid dienone is 2. The van der Waals surface area contributed by atoms with Gasteiger partial charge in [-0.2, -0.15) is 0 Å². The lowest BCUT2D eigenvalue weighted by Crippen LogP contribution is -2.34. The third kappa shape index (κ3) is 4.05. The summed E-state index contributed by atoms with van der Waals surface area (Å²) in [6.45, 7) is 3.73. The van der Waals surface area contributed by atoms with Gasteiger partial charge in [0.15, 0.2) is 6.29 Å². The number of ether oxygens (including phenoxy) is 2. The van der Waals surface area contributed by atoms with Crippen LogP contribution in [0.1, 0.15) is 50.0 Å². The molecule has 0 radical (unpaired) electrons. The molecule has 2 aliphatic rings. The molecule has 2 fully saturated rings. The Hall–Kier alpha value is -1.56. The molecule has 2 nitrogen and oxygen atoms in total. The number of rotatable bonds is 3. The molecule has 1 aromatic rings. The Morgan fingerprint density at radius 2 is 1.65 bits per heavy atom. The molecule has 0 aromatic heterocycles. The fraction of sp³-hybridized carbons (Fsp3) is 0.524. The van der Waals surface area contributed by atoms with Crippen LogP contribution in [0.15, 0.2) is 36.4 Å². The molecule has 1 saturated carbocycles. The number of benzene rings is 1. The fourth-order valence-corrected chi connectivity index (χ4v) is 3.80. The molecule has 0 atom stereocenters. The van der Waals surface area contributed by atoms with Crippen LogP contribution in [-0.2, 0) is 9.47 Å². The predicted octanol–water partition coefficient (Wildman–Crippen LogP) is 4.71. The summed E-state index contributed by atoms with van der Waals surface area (Å²) in [5.74, 6) is 4.71. The zero-order valence-electron chi connectivity index (χ0n) is 13.9. The van der Waals surface area contributed by atoms with Crippen molar-refractivity contribution in [2.45, 2.75) is 38.9 Å². The topological polar surface area (TPSA) is 18.5 Å². The average molecular weight is 310 g/mol. The van der Waals surface area contributed by atoms with Gasteiger partial charge in [-0.05, 0) is 56.6 Å². The van der Waals surface area contributed by atoms with E-state index in [1.807, 2.05) is 24.3 Å². The first-order chi connectivity index (χ1) is 11.3. The lowest BCUT2D eigenvalue weighted by atomic mass is 9.76. The Balaban J connectivity index is 1.49. The van der Waals surface area contributed by atoms with Crippen molar-refractivity contribution in [3.63, 3.8) is 0 Å². The number of hydrogen-bond acceptors (Lipinski definition) is 2. The van der Waals surface area contributed by atoms with E-state index in [0.717, 1.165) is 36.2 Å². The summed E-state index contributed by atoms with van der Waals surface area (Å²) < 4.78 is 12.0. The molecule has 1 aliphatic carbocycles. The minimum atomic E-state index is -0.238. The molecular formula is C21H26O2. The molecule has 0 spiro atoms. The molecule has 0 bridgehead atoms. The highest BCUT2D eigenvalue weighted by Gasteiger charge is 2.31. The van der Waals surface area contributed by atoms with Crippen LogP contribution in [0.4, 0.5) is 0 Å². The molecule has 3 rings (SSSR count). The van der Waals surface area contributed by atoms with E-state index in [9.17, 15) is 0 Å². The number of hydrogen-bond donors (Lipinski definition) is 0. The molecule has 0 N–H and O–H groups in total. The lowest BCUT2D eigenvalue weighted by Gasteiger charge is -2.37. The van der Waals surface area contributed by atoms with Gasteiger partial charge in [-0.25, -0.2) is 0 Å². The number of terminal acetylenes is 1. The summed E-state index contributed by atoms with van der Waals surface area (Å²) in [7, 11) is 0. The van der Waals surface area contributed by atoms with Gasteiger partial charge >= 0.3 is 0 Å². The van der Waals surface area contributed by atoms with Crippen LogP contribution in [0.5, 0.6) is 0 Å². The van der Waals surface area contributed by atoms with E-state index >= 15 is 0 Å². The monoisotopic (exact) mass is 310 g/mol. The summed E-state index contributed by atoms with van der Waals surface area (Å²) in [5, 5.41) is 0. The normalized spacial score (nSPS) is 31.8. The molecule has 1 saturated heterocycles. The smallest absolute Gasteiger partial charge is 0.183 e. The van der Waals surface area contributed by atoms with Crippen molar-refractivity contribution in [2.24, 2.45) is 17.8 Å². The second-order valence-corrected chi connectivity index (χ2v) is 6.73. The molecule has 1 aromatic carbocycles. The van der Waals surface area contributed by atoms with Gasteiger partial charge in [-0.1, -0.05) is 30.2 Å². The van der Waals surface area contributed by atoms with Crippen LogP contribution in [0.2, 0.25) is 0 Å². The van der Waals surface area contributed by atoms with Gasteiger partial charge < -0.3 is 9.47 Å². The first-order valence-electron chi connectivity index (χ1n) is 8.72. The molecule has 1 aliphatic heterocycles. The Kier molecular flexibility index (Phi) is 5.54. The first kappa shape index (κ1) is 16.3. The van der Waals surface area contributed by atoms with Gasteiger partial charge in [-0.3, -0.25) is 0 Å². The maximum absolute atomic E-state index is 5.99.